The average Bonchev–Trinajstić information content (AvgIpc) is 2.74. The van der Waals surface area contributed by atoms with Crippen LogP contribution in [0.15, 0.2) is 0 Å². The summed E-state index contributed by atoms with van der Waals surface area (Å²) < 4.78 is 0. The van der Waals surface area contributed by atoms with Crippen LogP contribution in [-0.4, -0.2) is 118 Å². The predicted molar refractivity (Wildman–Crippen MR) is 126 cm³/mol. The van der Waals surface area contributed by atoms with Crippen LogP contribution < -0.4 is 60.2 Å². The third-order valence-corrected chi connectivity index (χ3v) is 3.68. The standard InChI is InChI=1S/C10H28N6.C8H23N5/c11-1-3-13-5-7-15-9-10-16-8-6-14-4-2-12;9-1-3-11-5-7-13-8-6-12-4-2-10/h13-16H,1-12H2;11-13H,1-10H2. The van der Waals surface area contributed by atoms with E-state index in [1.807, 2.05) is 0 Å². The Hall–Kier alpha value is -0.440. The second-order valence-corrected chi connectivity index (χ2v) is 6.40. The molecular formula is C18H51N11. The molecular weight excluding hydrogens is 370 g/mol. The van der Waals surface area contributed by atoms with Gasteiger partial charge < -0.3 is 60.2 Å². The van der Waals surface area contributed by atoms with Gasteiger partial charge in [0.15, 0.2) is 0 Å². The third kappa shape index (κ3) is 35.4. The van der Waals surface area contributed by atoms with E-state index in [0.29, 0.717) is 26.2 Å². The molecule has 178 valence electrons. The number of hydrogen-bond acceptors (Lipinski definition) is 11. The molecule has 0 aromatic heterocycles. The van der Waals surface area contributed by atoms with E-state index in [4.69, 9.17) is 22.9 Å². The molecule has 0 spiro atoms. The quantitative estimate of drug-likeness (QED) is 0.0708. The van der Waals surface area contributed by atoms with E-state index in [-0.39, 0.29) is 0 Å². The summed E-state index contributed by atoms with van der Waals surface area (Å²) in [5.74, 6) is 0. The first-order valence-corrected chi connectivity index (χ1v) is 11.1. The molecule has 0 saturated heterocycles. The van der Waals surface area contributed by atoms with E-state index >= 15 is 0 Å². The van der Waals surface area contributed by atoms with Crippen LogP contribution in [0.25, 0.3) is 0 Å². The summed E-state index contributed by atoms with van der Waals surface area (Å²) in [5, 5.41) is 22.9. The Balaban J connectivity index is 0. The molecule has 0 aromatic rings. The van der Waals surface area contributed by atoms with Gasteiger partial charge in [0.2, 0.25) is 0 Å². The first-order chi connectivity index (χ1) is 14.3. The molecule has 0 atom stereocenters. The summed E-state index contributed by atoms with van der Waals surface area (Å²) >= 11 is 0. The Morgan fingerprint density at radius 3 is 0.517 bits per heavy atom. The normalized spacial score (nSPS) is 10.8. The summed E-state index contributed by atoms with van der Waals surface area (Å²) in [4.78, 5) is 0. The van der Waals surface area contributed by atoms with Crippen molar-refractivity contribution in [1.82, 2.24) is 37.2 Å². The van der Waals surface area contributed by atoms with Gasteiger partial charge in [0.1, 0.15) is 0 Å². The molecule has 0 rings (SSSR count). The van der Waals surface area contributed by atoms with Crippen LogP contribution >= 0.6 is 0 Å². The van der Waals surface area contributed by atoms with Crippen molar-refractivity contribution in [3.05, 3.63) is 0 Å². The summed E-state index contributed by atoms with van der Waals surface area (Å²) in [6.07, 6.45) is 0. The molecule has 0 amide bonds. The highest BCUT2D eigenvalue weighted by Gasteiger charge is 1.89. The molecule has 0 aliphatic rings. The SMILES string of the molecule is NCCNCCNCCNCCN.NCCNCCNCCNCCNCCN. The molecule has 0 saturated carbocycles. The number of hydrogen-bond donors (Lipinski definition) is 11. The fraction of sp³-hybridized carbons (Fsp3) is 1.00. The molecule has 0 unspecified atom stereocenters. The maximum absolute atomic E-state index is 5.35. The summed E-state index contributed by atoms with van der Waals surface area (Å²) in [5.41, 5.74) is 21.3. The summed E-state index contributed by atoms with van der Waals surface area (Å²) in [6.45, 7) is 16.3. The van der Waals surface area contributed by atoms with Crippen molar-refractivity contribution < 1.29 is 0 Å². The fourth-order valence-electron chi connectivity index (χ4n) is 2.17. The lowest BCUT2D eigenvalue weighted by molar-refractivity contribution is 0.569. The van der Waals surface area contributed by atoms with Gasteiger partial charge in [-0.1, -0.05) is 0 Å². The van der Waals surface area contributed by atoms with Gasteiger partial charge in [-0.15, -0.1) is 0 Å². The minimum Gasteiger partial charge on any atom is -0.329 e. The highest BCUT2D eigenvalue weighted by molar-refractivity contribution is 4.57. The minimum absolute atomic E-state index is 0.706. The lowest BCUT2D eigenvalue weighted by Gasteiger charge is -2.07. The van der Waals surface area contributed by atoms with Gasteiger partial charge in [-0.3, -0.25) is 0 Å². The fourth-order valence-corrected chi connectivity index (χ4v) is 2.17. The summed E-state index contributed by atoms with van der Waals surface area (Å²) in [7, 11) is 0. The lowest BCUT2D eigenvalue weighted by Crippen LogP contribution is -2.36. The molecule has 15 N–H and O–H groups in total. The van der Waals surface area contributed by atoms with Crippen LogP contribution in [0.1, 0.15) is 0 Å². The summed E-state index contributed by atoms with van der Waals surface area (Å²) in [6, 6.07) is 0. The minimum atomic E-state index is 0.706. The molecule has 0 bridgehead atoms. The number of nitrogens with two attached hydrogens (primary N) is 4. The molecule has 29 heavy (non-hydrogen) atoms. The van der Waals surface area contributed by atoms with E-state index in [9.17, 15) is 0 Å². The topological polar surface area (TPSA) is 188 Å². The van der Waals surface area contributed by atoms with Crippen molar-refractivity contribution in [3.8, 4) is 0 Å². The Kier molecular flexibility index (Phi) is 34.2. The first-order valence-electron chi connectivity index (χ1n) is 11.1. The molecule has 0 aromatic carbocycles. The van der Waals surface area contributed by atoms with Crippen LogP contribution in [0.2, 0.25) is 0 Å². The van der Waals surface area contributed by atoms with Gasteiger partial charge in [0, 0.05) is 118 Å². The van der Waals surface area contributed by atoms with Crippen molar-refractivity contribution in [2.45, 2.75) is 0 Å². The molecule has 0 aliphatic heterocycles. The molecule has 11 nitrogen and oxygen atoms in total. The van der Waals surface area contributed by atoms with Gasteiger partial charge in [-0.2, -0.15) is 0 Å². The third-order valence-electron chi connectivity index (χ3n) is 3.68. The van der Waals surface area contributed by atoms with E-state index in [1.54, 1.807) is 0 Å². The van der Waals surface area contributed by atoms with Gasteiger partial charge in [0.25, 0.3) is 0 Å². The van der Waals surface area contributed by atoms with Gasteiger partial charge >= 0.3 is 0 Å². The van der Waals surface area contributed by atoms with Crippen LogP contribution in [0.4, 0.5) is 0 Å². The van der Waals surface area contributed by atoms with Gasteiger partial charge in [0.05, 0.1) is 0 Å². The van der Waals surface area contributed by atoms with E-state index < -0.39 is 0 Å². The Morgan fingerprint density at radius 2 is 0.379 bits per heavy atom. The monoisotopic (exact) mass is 421 g/mol. The van der Waals surface area contributed by atoms with Crippen molar-refractivity contribution in [1.29, 1.82) is 0 Å². The van der Waals surface area contributed by atoms with Crippen molar-refractivity contribution in [2.75, 3.05) is 118 Å². The van der Waals surface area contributed by atoms with Crippen molar-refractivity contribution in [3.63, 3.8) is 0 Å². The van der Waals surface area contributed by atoms with Crippen molar-refractivity contribution in [2.24, 2.45) is 22.9 Å². The van der Waals surface area contributed by atoms with Gasteiger partial charge in [-0.05, 0) is 0 Å². The Labute approximate surface area is 178 Å². The largest absolute Gasteiger partial charge is 0.329 e. The zero-order chi connectivity index (χ0) is 21.7. The van der Waals surface area contributed by atoms with E-state index in [1.165, 1.54) is 0 Å². The lowest BCUT2D eigenvalue weighted by atomic mass is 10.5. The first kappa shape index (κ1) is 30.8. The van der Waals surface area contributed by atoms with E-state index in [0.717, 1.165) is 91.6 Å². The highest BCUT2D eigenvalue weighted by Crippen LogP contribution is 1.63. The second-order valence-electron chi connectivity index (χ2n) is 6.40. The van der Waals surface area contributed by atoms with Crippen LogP contribution in [-0.2, 0) is 0 Å². The van der Waals surface area contributed by atoms with Crippen LogP contribution in [0.3, 0.4) is 0 Å². The average molecular weight is 422 g/mol. The maximum Gasteiger partial charge on any atom is 0.00772 e. The molecule has 0 radical (unpaired) electrons. The zero-order valence-electron chi connectivity index (χ0n) is 18.5. The second kappa shape index (κ2) is 32.2. The van der Waals surface area contributed by atoms with Crippen molar-refractivity contribution >= 4 is 0 Å². The van der Waals surface area contributed by atoms with Crippen LogP contribution in [0, 0.1) is 0 Å². The molecule has 0 fully saturated rings. The Bertz CT molecular complexity index is 236. The predicted octanol–water partition coefficient (Wildman–Crippen LogP) is -5.07. The maximum atomic E-state index is 5.35. The number of rotatable bonds is 23. The zero-order valence-corrected chi connectivity index (χ0v) is 18.5. The number of nitrogens with one attached hydrogen (secondary N) is 7. The molecule has 0 heterocycles. The molecule has 11 heteroatoms. The highest BCUT2D eigenvalue weighted by atomic mass is 15.0. The molecule has 0 aliphatic carbocycles. The van der Waals surface area contributed by atoms with Crippen LogP contribution in [0.5, 0.6) is 0 Å². The van der Waals surface area contributed by atoms with Gasteiger partial charge in [-0.25, -0.2) is 0 Å². The smallest absolute Gasteiger partial charge is 0.00772 e. The van der Waals surface area contributed by atoms with E-state index in [2.05, 4.69) is 37.2 Å². The Morgan fingerprint density at radius 1 is 0.241 bits per heavy atom.